The normalized spacial score (nSPS) is 11.1. The fraction of sp³-hybridized carbons (Fsp3) is 0.0833. The highest BCUT2D eigenvalue weighted by Gasteiger charge is 2.14. The van der Waals surface area contributed by atoms with Crippen molar-refractivity contribution in [3.63, 3.8) is 0 Å². The summed E-state index contributed by atoms with van der Waals surface area (Å²) in [4.78, 5) is 16.7. The second kappa shape index (κ2) is 10.4. The molecule has 0 fully saturated rings. The number of aromatic hydroxyl groups is 1. The zero-order valence-corrected chi connectivity index (χ0v) is 18.5. The first-order valence-electron chi connectivity index (χ1n) is 9.23. The van der Waals surface area contributed by atoms with Crippen molar-refractivity contribution in [3.8, 4) is 23.0 Å². The number of carbonyl (C=O) groups is 1. The molecule has 0 aliphatic carbocycles. The number of methoxy groups -OCH3 is 2. The van der Waals surface area contributed by atoms with Gasteiger partial charge in [-0.3, -0.25) is 4.99 Å². The summed E-state index contributed by atoms with van der Waals surface area (Å²) in [5, 5.41) is 9.35. The average molecular weight is 482 g/mol. The Morgan fingerprint density at radius 3 is 2.48 bits per heavy atom. The topological polar surface area (TPSA) is 77.4 Å². The number of hydrogen-bond donors (Lipinski definition) is 1. The number of halogens is 1. The van der Waals surface area contributed by atoms with Crippen LogP contribution in [0.25, 0.3) is 6.08 Å². The Kier molecular flexibility index (Phi) is 7.45. The van der Waals surface area contributed by atoms with Gasteiger partial charge in [0.2, 0.25) is 0 Å². The van der Waals surface area contributed by atoms with Gasteiger partial charge in [0.05, 0.1) is 24.4 Å². The molecule has 3 aromatic carbocycles. The van der Waals surface area contributed by atoms with Crippen LogP contribution >= 0.6 is 15.9 Å². The van der Waals surface area contributed by atoms with Crippen LogP contribution in [0.4, 0.5) is 5.69 Å². The van der Waals surface area contributed by atoms with Crippen molar-refractivity contribution in [2.24, 2.45) is 4.99 Å². The maximum Gasteiger partial charge on any atom is 0.336 e. The van der Waals surface area contributed by atoms with E-state index < -0.39 is 5.97 Å². The van der Waals surface area contributed by atoms with E-state index in [1.54, 1.807) is 55.8 Å². The molecule has 1 N–H and O–H groups in total. The SMILES string of the molecule is COc1cccc(C=CC(=O)Oc2c(Br)cc(/C=N/c3ccc(O)cc3)cc2OC)c1. The quantitative estimate of drug-likeness (QED) is 0.207. The second-order valence-electron chi connectivity index (χ2n) is 6.34. The summed E-state index contributed by atoms with van der Waals surface area (Å²) in [6, 6.07) is 17.3. The highest BCUT2D eigenvalue weighted by Crippen LogP contribution is 2.36. The van der Waals surface area contributed by atoms with Gasteiger partial charge in [0.15, 0.2) is 11.5 Å². The van der Waals surface area contributed by atoms with Gasteiger partial charge in [-0.1, -0.05) is 12.1 Å². The molecule has 31 heavy (non-hydrogen) atoms. The third kappa shape index (κ3) is 6.20. The van der Waals surface area contributed by atoms with E-state index in [9.17, 15) is 9.90 Å². The number of aliphatic imine (C=N–C) groups is 1. The van der Waals surface area contributed by atoms with Gasteiger partial charge in [0.1, 0.15) is 11.5 Å². The van der Waals surface area contributed by atoms with E-state index in [2.05, 4.69) is 20.9 Å². The van der Waals surface area contributed by atoms with Gasteiger partial charge in [-0.25, -0.2) is 4.79 Å². The molecule has 0 bridgehead atoms. The van der Waals surface area contributed by atoms with E-state index in [1.165, 1.54) is 13.2 Å². The third-order valence-corrected chi connectivity index (χ3v) is 4.76. The fourth-order valence-corrected chi connectivity index (χ4v) is 3.19. The molecule has 0 radical (unpaired) electrons. The summed E-state index contributed by atoms with van der Waals surface area (Å²) in [5.41, 5.74) is 2.23. The maximum atomic E-state index is 12.3. The first-order chi connectivity index (χ1) is 15.0. The van der Waals surface area contributed by atoms with Gasteiger partial charge < -0.3 is 19.3 Å². The largest absolute Gasteiger partial charge is 0.508 e. The van der Waals surface area contributed by atoms with E-state index >= 15 is 0 Å². The smallest absolute Gasteiger partial charge is 0.336 e. The van der Waals surface area contributed by atoms with E-state index in [4.69, 9.17) is 14.2 Å². The Balaban J connectivity index is 1.75. The molecule has 0 unspecified atom stereocenters. The van der Waals surface area contributed by atoms with Crippen molar-refractivity contribution in [2.45, 2.75) is 0 Å². The maximum absolute atomic E-state index is 12.3. The van der Waals surface area contributed by atoms with Crippen molar-refractivity contribution in [1.29, 1.82) is 0 Å². The van der Waals surface area contributed by atoms with Gasteiger partial charge in [-0.2, -0.15) is 0 Å². The standard InChI is InChI=1S/C24H20BrNO5/c1-29-20-5-3-4-16(12-20)6-11-23(28)31-24-21(25)13-17(14-22(24)30-2)15-26-18-7-9-19(27)10-8-18/h3-15,27H,1-2H3/b11-6?,26-15+. The van der Waals surface area contributed by atoms with Gasteiger partial charge in [-0.05, 0) is 81.7 Å². The lowest BCUT2D eigenvalue weighted by Gasteiger charge is -2.11. The van der Waals surface area contributed by atoms with Gasteiger partial charge in [0.25, 0.3) is 0 Å². The Hall–Kier alpha value is -3.58. The zero-order chi connectivity index (χ0) is 22.2. The molecule has 0 spiro atoms. The van der Waals surface area contributed by atoms with Crippen LogP contribution in [0.2, 0.25) is 0 Å². The Bertz CT molecular complexity index is 1120. The minimum absolute atomic E-state index is 0.176. The van der Waals surface area contributed by atoms with Crippen LogP contribution in [0.5, 0.6) is 23.0 Å². The van der Waals surface area contributed by atoms with Crippen LogP contribution < -0.4 is 14.2 Å². The molecule has 0 saturated carbocycles. The highest BCUT2D eigenvalue weighted by molar-refractivity contribution is 9.10. The molecule has 3 aromatic rings. The molecule has 158 valence electrons. The molecule has 0 heterocycles. The van der Waals surface area contributed by atoms with Crippen LogP contribution in [-0.4, -0.2) is 31.5 Å². The van der Waals surface area contributed by atoms with E-state index in [-0.39, 0.29) is 11.5 Å². The molecular formula is C24H20BrNO5. The van der Waals surface area contributed by atoms with E-state index in [0.29, 0.717) is 21.7 Å². The number of esters is 1. The number of carbonyl (C=O) groups excluding carboxylic acids is 1. The van der Waals surface area contributed by atoms with Crippen LogP contribution in [-0.2, 0) is 4.79 Å². The highest BCUT2D eigenvalue weighted by atomic mass is 79.9. The molecule has 0 aromatic heterocycles. The molecule has 6 nitrogen and oxygen atoms in total. The van der Waals surface area contributed by atoms with Crippen LogP contribution in [0, 0.1) is 0 Å². The molecule has 0 atom stereocenters. The summed E-state index contributed by atoms with van der Waals surface area (Å²) >= 11 is 3.43. The summed E-state index contributed by atoms with van der Waals surface area (Å²) < 4.78 is 16.6. The second-order valence-corrected chi connectivity index (χ2v) is 7.19. The lowest BCUT2D eigenvalue weighted by Crippen LogP contribution is -2.06. The summed E-state index contributed by atoms with van der Waals surface area (Å²) in [6.07, 6.45) is 4.62. The van der Waals surface area contributed by atoms with Crippen molar-refractivity contribution >= 4 is 39.9 Å². The van der Waals surface area contributed by atoms with Crippen molar-refractivity contribution in [1.82, 2.24) is 0 Å². The fourth-order valence-electron chi connectivity index (χ4n) is 2.65. The summed E-state index contributed by atoms with van der Waals surface area (Å²) in [7, 11) is 3.08. The van der Waals surface area contributed by atoms with Crippen LogP contribution in [0.15, 0.2) is 76.2 Å². The molecule has 0 aliphatic rings. The molecule has 0 saturated heterocycles. The molecule has 7 heteroatoms. The number of phenolic OH excluding ortho intramolecular Hbond substituents is 1. The molecule has 3 rings (SSSR count). The molecular weight excluding hydrogens is 462 g/mol. The van der Waals surface area contributed by atoms with Crippen molar-refractivity contribution in [3.05, 3.63) is 82.3 Å². The van der Waals surface area contributed by atoms with E-state index in [0.717, 1.165) is 11.1 Å². The first-order valence-corrected chi connectivity index (χ1v) is 10.0. The van der Waals surface area contributed by atoms with Crippen molar-refractivity contribution < 1.29 is 24.1 Å². The molecule has 0 aliphatic heterocycles. The summed E-state index contributed by atoms with van der Waals surface area (Å²) in [5.74, 6) is 0.973. The Labute approximate surface area is 188 Å². The first kappa shape index (κ1) is 22.1. The van der Waals surface area contributed by atoms with Crippen molar-refractivity contribution in [2.75, 3.05) is 14.2 Å². The zero-order valence-electron chi connectivity index (χ0n) is 16.9. The number of ether oxygens (including phenoxy) is 3. The Morgan fingerprint density at radius 2 is 1.77 bits per heavy atom. The van der Waals surface area contributed by atoms with Crippen LogP contribution in [0.3, 0.4) is 0 Å². The van der Waals surface area contributed by atoms with Crippen LogP contribution in [0.1, 0.15) is 11.1 Å². The number of phenols is 1. The van der Waals surface area contributed by atoms with Gasteiger partial charge >= 0.3 is 5.97 Å². The lowest BCUT2D eigenvalue weighted by molar-refractivity contribution is -0.129. The predicted octanol–water partition coefficient (Wildman–Crippen LogP) is 5.54. The number of benzene rings is 3. The predicted molar refractivity (Wildman–Crippen MR) is 124 cm³/mol. The van der Waals surface area contributed by atoms with Gasteiger partial charge in [-0.15, -0.1) is 0 Å². The minimum atomic E-state index is -0.549. The Morgan fingerprint density at radius 1 is 1.00 bits per heavy atom. The monoisotopic (exact) mass is 481 g/mol. The number of hydrogen-bond acceptors (Lipinski definition) is 6. The van der Waals surface area contributed by atoms with Gasteiger partial charge in [0, 0.05) is 12.3 Å². The lowest BCUT2D eigenvalue weighted by atomic mass is 10.2. The minimum Gasteiger partial charge on any atom is -0.508 e. The van der Waals surface area contributed by atoms with E-state index in [1.807, 2.05) is 24.3 Å². The number of rotatable bonds is 7. The number of nitrogens with zero attached hydrogens (tertiary/aromatic N) is 1. The molecule has 0 amide bonds. The average Bonchev–Trinajstić information content (AvgIpc) is 2.79. The third-order valence-electron chi connectivity index (χ3n) is 4.17. The summed E-state index contributed by atoms with van der Waals surface area (Å²) in [6.45, 7) is 0.